The van der Waals surface area contributed by atoms with Crippen LogP contribution in [0.3, 0.4) is 0 Å². The van der Waals surface area contributed by atoms with Crippen LogP contribution in [0.5, 0.6) is 0 Å². The lowest BCUT2D eigenvalue weighted by molar-refractivity contribution is -0.115. The molecule has 0 saturated carbocycles. The van der Waals surface area contributed by atoms with Crippen molar-refractivity contribution in [3.8, 4) is 11.3 Å². The Morgan fingerprint density at radius 3 is 2.35 bits per heavy atom. The number of hydrogen-bond acceptors (Lipinski definition) is 6. The molecule has 2 amide bonds. The Balaban J connectivity index is 1.75. The molecule has 164 valence electrons. The number of nitrogen functional groups attached to an aromatic ring is 1. The fourth-order valence-electron chi connectivity index (χ4n) is 3.12. The van der Waals surface area contributed by atoms with E-state index in [1.165, 1.54) is 0 Å². The number of anilines is 2. The van der Waals surface area contributed by atoms with Crippen LogP contribution in [0.1, 0.15) is 62.3 Å². The molecule has 0 aliphatic carbocycles. The molecule has 0 radical (unpaired) electrons. The van der Waals surface area contributed by atoms with Gasteiger partial charge in [0.1, 0.15) is 17.1 Å². The zero-order valence-electron chi connectivity index (χ0n) is 18.4. The van der Waals surface area contributed by atoms with Crippen LogP contribution in [-0.4, -0.2) is 26.8 Å². The summed E-state index contributed by atoms with van der Waals surface area (Å²) in [6.07, 6.45) is 0.150. The number of amides is 2. The highest BCUT2D eigenvalue weighted by atomic mass is 16.5. The van der Waals surface area contributed by atoms with Gasteiger partial charge < -0.3 is 16.0 Å². The number of hydrogen-bond donors (Lipinski definition) is 3. The fourth-order valence-corrected chi connectivity index (χ4v) is 3.12. The van der Waals surface area contributed by atoms with Gasteiger partial charge in [0.15, 0.2) is 0 Å². The van der Waals surface area contributed by atoms with Gasteiger partial charge in [0.2, 0.25) is 11.8 Å². The fraction of sp³-hybridized carbons (Fsp3) is 0.364. The first kappa shape index (κ1) is 22.1. The molecule has 3 rings (SSSR count). The van der Waals surface area contributed by atoms with Crippen LogP contribution in [-0.2, 0) is 16.6 Å². The van der Waals surface area contributed by atoms with E-state index in [0.717, 1.165) is 11.3 Å². The van der Waals surface area contributed by atoms with E-state index in [0.29, 0.717) is 17.1 Å². The Morgan fingerprint density at radius 1 is 1.19 bits per heavy atom. The van der Waals surface area contributed by atoms with Crippen LogP contribution in [0.4, 0.5) is 11.7 Å². The third-order valence-electron chi connectivity index (χ3n) is 4.82. The van der Waals surface area contributed by atoms with Crippen molar-refractivity contribution in [2.24, 2.45) is 5.73 Å². The predicted molar refractivity (Wildman–Crippen MR) is 119 cm³/mol. The first-order valence-corrected chi connectivity index (χ1v) is 10.0. The molecule has 2 heterocycles. The van der Waals surface area contributed by atoms with Gasteiger partial charge in [0.25, 0.3) is 5.91 Å². The third kappa shape index (κ3) is 4.76. The van der Waals surface area contributed by atoms with E-state index in [1.54, 1.807) is 35.0 Å². The molecule has 0 aliphatic rings. The monoisotopic (exact) mass is 424 g/mol. The standard InChI is InChI=1S/C22H28N6O3/c1-12(2)28-20(23)18(21(24)30)19(26-28)14-8-6-13(7-9-14)10-16(29)25-17-11-15(27-31-17)22(3,4)5/h6-9,11-12H,10,23H2,1-5H3,(H2,24,30)(H,25,29). The van der Waals surface area contributed by atoms with Gasteiger partial charge in [0, 0.05) is 23.1 Å². The molecule has 5 N–H and O–H groups in total. The minimum Gasteiger partial charge on any atom is -0.383 e. The molecule has 0 atom stereocenters. The predicted octanol–water partition coefficient (Wildman–Crippen LogP) is 3.28. The molecule has 0 bridgehead atoms. The van der Waals surface area contributed by atoms with Gasteiger partial charge >= 0.3 is 0 Å². The third-order valence-corrected chi connectivity index (χ3v) is 4.82. The normalized spacial score (nSPS) is 11.7. The maximum atomic E-state index is 12.4. The average Bonchev–Trinajstić information content (AvgIpc) is 3.26. The lowest BCUT2D eigenvalue weighted by Crippen LogP contribution is -2.15. The van der Waals surface area contributed by atoms with Crippen LogP contribution in [0, 0.1) is 0 Å². The van der Waals surface area contributed by atoms with E-state index < -0.39 is 5.91 Å². The number of aromatic nitrogens is 3. The van der Waals surface area contributed by atoms with Crippen LogP contribution in [0.2, 0.25) is 0 Å². The van der Waals surface area contributed by atoms with Crippen LogP contribution in [0.15, 0.2) is 34.9 Å². The number of primary amides is 1. The molecule has 0 spiro atoms. The molecule has 0 unspecified atom stereocenters. The molecule has 0 fully saturated rings. The Hall–Kier alpha value is -3.62. The second-order valence-electron chi connectivity index (χ2n) is 8.76. The molecule has 0 aliphatic heterocycles. The highest BCUT2D eigenvalue weighted by molar-refractivity contribution is 6.03. The molecule has 2 aromatic heterocycles. The van der Waals surface area contributed by atoms with Crippen molar-refractivity contribution in [1.29, 1.82) is 0 Å². The summed E-state index contributed by atoms with van der Waals surface area (Å²) >= 11 is 0. The number of nitrogens with zero attached hydrogens (tertiary/aromatic N) is 3. The highest BCUT2D eigenvalue weighted by Crippen LogP contribution is 2.29. The van der Waals surface area contributed by atoms with Gasteiger partial charge in [-0.1, -0.05) is 50.2 Å². The lowest BCUT2D eigenvalue weighted by Gasteiger charge is -2.12. The van der Waals surface area contributed by atoms with E-state index in [9.17, 15) is 9.59 Å². The number of carbonyl (C=O) groups excluding carboxylic acids is 2. The maximum absolute atomic E-state index is 12.4. The topological polar surface area (TPSA) is 142 Å². The number of nitrogens with two attached hydrogens (primary N) is 2. The maximum Gasteiger partial charge on any atom is 0.254 e. The zero-order chi connectivity index (χ0) is 22.9. The first-order valence-electron chi connectivity index (χ1n) is 10.0. The Labute approximate surface area is 180 Å². The van der Waals surface area contributed by atoms with E-state index in [2.05, 4.69) is 15.6 Å². The van der Waals surface area contributed by atoms with Gasteiger partial charge in [-0.2, -0.15) is 5.10 Å². The summed E-state index contributed by atoms with van der Waals surface area (Å²) in [5.41, 5.74) is 14.3. The summed E-state index contributed by atoms with van der Waals surface area (Å²) in [6, 6.07) is 8.87. The number of benzene rings is 1. The summed E-state index contributed by atoms with van der Waals surface area (Å²) in [4.78, 5) is 24.3. The van der Waals surface area contributed by atoms with Crippen molar-refractivity contribution < 1.29 is 14.1 Å². The zero-order valence-corrected chi connectivity index (χ0v) is 18.4. The van der Waals surface area contributed by atoms with Gasteiger partial charge in [-0.05, 0) is 19.4 Å². The van der Waals surface area contributed by atoms with Gasteiger partial charge in [-0.3, -0.25) is 14.9 Å². The molecule has 9 heteroatoms. The minimum absolute atomic E-state index is 0.0234. The van der Waals surface area contributed by atoms with Crippen LogP contribution >= 0.6 is 0 Å². The highest BCUT2D eigenvalue weighted by Gasteiger charge is 2.23. The van der Waals surface area contributed by atoms with E-state index in [-0.39, 0.29) is 35.2 Å². The Bertz CT molecular complexity index is 1100. The number of nitrogens with one attached hydrogen (secondary N) is 1. The molecule has 1 aromatic carbocycles. The van der Waals surface area contributed by atoms with E-state index >= 15 is 0 Å². The molecule has 9 nitrogen and oxygen atoms in total. The smallest absolute Gasteiger partial charge is 0.254 e. The van der Waals surface area contributed by atoms with Crippen molar-refractivity contribution >= 4 is 23.5 Å². The largest absolute Gasteiger partial charge is 0.383 e. The first-order chi connectivity index (χ1) is 14.5. The van der Waals surface area contributed by atoms with E-state index in [1.807, 2.05) is 34.6 Å². The van der Waals surface area contributed by atoms with E-state index in [4.69, 9.17) is 16.0 Å². The van der Waals surface area contributed by atoms with Crippen molar-refractivity contribution in [2.75, 3.05) is 11.1 Å². The number of rotatable bonds is 6. The Kier molecular flexibility index (Phi) is 5.88. The summed E-state index contributed by atoms with van der Waals surface area (Å²) in [5, 5.41) is 11.2. The number of carbonyl (C=O) groups is 2. The quantitative estimate of drug-likeness (QED) is 0.554. The summed E-state index contributed by atoms with van der Waals surface area (Å²) < 4.78 is 6.77. The summed E-state index contributed by atoms with van der Waals surface area (Å²) in [6.45, 7) is 9.87. The van der Waals surface area contributed by atoms with Crippen molar-refractivity contribution in [2.45, 2.75) is 52.5 Å². The summed E-state index contributed by atoms with van der Waals surface area (Å²) in [7, 11) is 0. The van der Waals surface area contributed by atoms with Crippen molar-refractivity contribution in [3.63, 3.8) is 0 Å². The van der Waals surface area contributed by atoms with Gasteiger partial charge in [0.05, 0.1) is 12.1 Å². The average molecular weight is 425 g/mol. The minimum atomic E-state index is -0.635. The second kappa shape index (κ2) is 8.25. The van der Waals surface area contributed by atoms with Gasteiger partial charge in [-0.25, -0.2) is 4.68 Å². The van der Waals surface area contributed by atoms with Crippen molar-refractivity contribution in [3.05, 3.63) is 47.2 Å². The molecular weight excluding hydrogens is 396 g/mol. The summed E-state index contributed by atoms with van der Waals surface area (Å²) in [5.74, 6) is -0.310. The van der Waals surface area contributed by atoms with Crippen LogP contribution < -0.4 is 16.8 Å². The molecule has 31 heavy (non-hydrogen) atoms. The van der Waals surface area contributed by atoms with Crippen LogP contribution in [0.25, 0.3) is 11.3 Å². The lowest BCUT2D eigenvalue weighted by atomic mass is 9.92. The molecular formula is C22H28N6O3. The molecule has 0 saturated heterocycles. The second-order valence-corrected chi connectivity index (χ2v) is 8.76. The Morgan fingerprint density at radius 2 is 1.84 bits per heavy atom. The SMILES string of the molecule is CC(C)n1nc(-c2ccc(CC(=O)Nc3cc(C(C)(C)C)no3)cc2)c(C(N)=O)c1N. The van der Waals surface area contributed by atoms with Crippen molar-refractivity contribution in [1.82, 2.24) is 14.9 Å². The molecule has 3 aromatic rings. The van der Waals surface area contributed by atoms with Gasteiger partial charge in [-0.15, -0.1) is 0 Å².